The van der Waals surface area contributed by atoms with Crippen LogP contribution in [-0.4, -0.2) is 18.7 Å². The summed E-state index contributed by atoms with van der Waals surface area (Å²) in [5, 5.41) is 8.65. The van der Waals surface area contributed by atoms with E-state index in [0.29, 0.717) is 12.2 Å². The average Bonchev–Trinajstić information content (AvgIpc) is 2.84. The lowest BCUT2D eigenvalue weighted by molar-refractivity contribution is -0.144. The number of rotatable bonds is 16. The van der Waals surface area contributed by atoms with E-state index in [4.69, 9.17) is 9.47 Å². The van der Waals surface area contributed by atoms with Crippen molar-refractivity contribution >= 4 is 17.3 Å². The highest BCUT2D eigenvalue weighted by molar-refractivity contribution is 5.87. The number of hydrogen-bond acceptors (Lipinski definition) is 5. The van der Waals surface area contributed by atoms with E-state index >= 15 is 0 Å². The second-order valence-corrected chi connectivity index (χ2v) is 8.76. The molecule has 1 atom stereocenters. The first-order valence-corrected chi connectivity index (χ1v) is 12.6. The first kappa shape index (κ1) is 27.3. The van der Waals surface area contributed by atoms with Gasteiger partial charge in [0.15, 0.2) is 0 Å². The standard InChI is InChI=1S/C29H40N2O3/c1-5-7-12-24-14-16-25(17-15-24)30-31-26-18-20-27(21-19-26)33-22-10-8-9-13-28(11-6-2)34-29(32)23(3)4/h14-21,28H,3,5-13,22H2,1-2,4H3. The molecule has 0 heterocycles. The van der Waals surface area contributed by atoms with Crippen LogP contribution in [0.3, 0.4) is 0 Å². The van der Waals surface area contributed by atoms with Gasteiger partial charge in [0.05, 0.1) is 18.0 Å². The summed E-state index contributed by atoms with van der Waals surface area (Å²) < 4.78 is 11.4. The molecule has 2 rings (SSSR count). The van der Waals surface area contributed by atoms with Crippen LogP contribution in [-0.2, 0) is 16.0 Å². The molecule has 0 radical (unpaired) electrons. The molecule has 1 unspecified atom stereocenters. The van der Waals surface area contributed by atoms with Gasteiger partial charge in [-0.1, -0.05) is 45.4 Å². The number of carbonyl (C=O) groups is 1. The van der Waals surface area contributed by atoms with Gasteiger partial charge in [-0.05, 0) is 93.8 Å². The second-order valence-electron chi connectivity index (χ2n) is 8.76. The molecule has 0 spiro atoms. The third-order valence-electron chi connectivity index (χ3n) is 5.54. The Morgan fingerprint density at radius 1 is 0.853 bits per heavy atom. The summed E-state index contributed by atoms with van der Waals surface area (Å²) in [4.78, 5) is 11.7. The number of unbranched alkanes of at least 4 members (excludes halogenated alkanes) is 3. The van der Waals surface area contributed by atoms with Gasteiger partial charge in [0.2, 0.25) is 0 Å². The van der Waals surface area contributed by atoms with Crippen molar-refractivity contribution in [2.24, 2.45) is 10.2 Å². The van der Waals surface area contributed by atoms with Gasteiger partial charge < -0.3 is 9.47 Å². The molecule has 0 N–H and O–H groups in total. The Morgan fingerprint density at radius 3 is 2.09 bits per heavy atom. The summed E-state index contributed by atoms with van der Waals surface area (Å²) in [7, 11) is 0. The molecule has 0 bridgehead atoms. The van der Waals surface area contributed by atoms with Crippen LogP contribution in [0.5, 0.6) is 5.75 Å². The Bertz CT molecular complexity index is 889. The quantitative estimate of drug-likeness (QED) is 0.108. The van der Waals surface area contributed by atoms with Crippen LogP contribution in [0, 0.1) is 0 Å². The number of benzene rings is 2. The van der Waals surface area contributed by atoms with Crippen LogP contribution in [0.15, 0.2) is 70.9 Å². The molecule has 2 aromatic rings. The predicted molar refractivity (Wildman–Crippen MR) is 139 cm³/mol. The van der Waals surface area contributed by atoms with Crippen molar-refractivity contribution in [1.29, 1.82) is 0 Å². The summed E-state index contributed by atoms with van der Waals surface area (Å²) in [5.41, 5.74) is 3.46. The van der Waals surface area contributed by atoms with Crippen molar-refractivity contribution in [3.05, 3.63) is 66.2 Å². The highest BCUT2D eigenvalue weighted by Gasteiger charge is 2.13. The summed E-state index contributed by atoms with van der Waals surface area (Å²) in [6, 6.07) is 16.0. The molecule has 0 saturated heterocycles. The molecule has 0 aliphatic heterocycles. The highest BCUT2D eigenvalue weighted by Crippen LogP contribution is 2.22. The monoisotopic (exact) mass is 464 g/mol. The third kappa shape index (κ3) is 10.8. The van der Waals surface area contributed by atoms with Gasteiger partial charge in [0.25, 0.3) is 0 Å². The van der Waals surface area contributed by atoms with E-state index in [1.165, 1.54) is 18.4 Å². The lowest BCUT2D eigenvalue weighted by atomic mass is 10.1. The molecule has 0 aliphatic rings. The Kier molecular flexibility index (Phi) is 12.7. The molecule has 34 heavy (non-hydrogen) atoms. The highest BCUT2D eigenvalue weighted by atomic mass is 16.5. The Labute approximate surface area is 205 Å². The van der Waals surface area contributed by atoms with Crippen LogP contribution in [0.4, 0.5) is 11.4 Å². The number of hydrogen-bond donors (Lipinski definition) is 0. The molecular weight excluding hydrogens is 424 g/mol. The number of ether oxygens (including phenoxy) is 2. The fraction of sp³-hybridized carbons (Fsp3) is 0.483. The van der Waals surface area contributed by atoms with E-state index < -0.39 is 0 Å². The number of aryl methyl sites for hydroxylation is 1. The fourth-order valence-corrected chi connectivity index (χ4v) is 3.51. The van der Waals surface area contributed by atoms with E-state index in [1.807, 2.05) is 36.4 Å². The molecule has 5 nitrogen and oxygen atoms in total. The van der Waals surface area contributed by atoms with E-state index in [9.17, 15) is 4.79 Å². The molecule has 2 aromatic carbocycles. The van der Waals surface area contributed by atoms with Crippen LogP contribution in [0.2, 0.25) is 0 Å². The largest absolute Gasteiger partial charge is 0.494 e. The SMILES string of the molecule is C=C(C)C(=O)OC(CCC)CCCCCOc1ccc(N=Nc2ccc(CCCC)cc2)cc1. The number of azo groups is 1. The zero-order valence-corrected chi connectivity index (χ0v) is 21.1. The predicted octanol–water partition coefficient (Wildman–Crippen LogP) is 8.67. The Balaban J connectivity index is 1.67. The molecule has 184 valence electrons. The lowest BCUT2D eigenvalue weighted by Crippen LogP contribution is -2.18. The van der Waals surface area contributed by atoms with E-state index in [0.717, 1.165) is 62.1 Å². The van der Waals surface area contributed by atoms with Gasteiger partial charge in [-0.3, -0.25) is 0 Å². The summed E-state index contributed by atoms with van der Waals surface area (Å²) in [6.45, 7) is 10.3. The van der Waals surface area contributed by atoms with Crippen molar-refractivity contribution in [2.75, 3.05) is 6.61 Å². The van der Waals surface area contributed by atoms with Crippen molar-refractivity contribution in [3.63, 3.8) is 0 Å². The molecular formula is C29H40N2O3. The van der Waals surface area contributed by atoms with Crippen LogP contribution < -0.4 is 4.74 Å². The minimum Gasteiger partial charge on any atom is -0.494 e. The van der Waals surface area contributed by atoms with Gasteiger partial charge in [0, 0.05) is 5.57 Å². The zero-order chi connectivity index (χ0) is 24.6. The maximum atomic E-state index is 11.7. The Morgan fingerprint density at radius 2 is 1.50 bits per heavy atom. The molecule has 0 aliphatic carbocycles. The van der Waals surface area contributed by atoms with E-state index in [2.05, 4.69) is 42.8 Å². The van der Waals surface area contributed by atoms with Crippen LogP contribution >= 0.6 is 0 Å². The minimum absolute atomic E-state index is 0.0178. The maximum Gasteiger partial charge on any atom is 0.333 e. The maximum absolute atomic E-state index is 11.7. The molecule has 0 amide bonds. The molecule has 5 heteroatoms. The van der Waals surface area contributed by atoms with Gasteiger partial charge >= 0.3 is 5.97 Å². The molecule has 0 saturated carbocycles. The number of carbonyl (C=O) groups excluding carboxylic acids is 1. The third-order valence-corrected chi connectivity index (χ3v) is 5.54. The van der Waals surface area contributed by atoms with Crippen LogP contribution in [0.1, 0.15) is 77.7 Å². The summed E-state index contributed by atoms with van der Waals surface area (Å²) in [5.74, 6) is 0.545. The summed E-state index contributed by atoms with van der Waals surface area (Å²) in [6.07, 6.45) is 9.29. The summed E-state index contributed by atoms with van der Waals surface area (Å²) >= 11 is 0. The van der Waals surface area contributed by atoms with Crippen molar-refractivity contribution in [1.82, 2.24) is 0 Å². The average molecular weight is 465 g/mol. The first-order valence-electron chi connectivity index (χ1n) is 12.6. The van der Waals surface area contributed by atoms with Crippen molar-refractivity contribution in [2.45, 2.75) is 84.7 Å². The van der Waals surface area contributed by atoms with Crippen molar-refractivity contribution < 1.29 is 14.3 Å². The number of nitrogens with zero attached hydrogens (tertiary/aromatic N) is 2. The van der Waals surface area contributed by atoms with Crippen molar-refractivity contribution in [3.8, 4) is 5.75 Å². The van der Waals surface area contributed by atoms with E-state index in [1.54, 1.807) is 6.92 Å². The molecule has 0 fully saturated rings. The van der Waals surface area contributed by atoms with Gasteiger partial charge in [-0.2, -0.15) is 10.2 Å². The van der Waals surface area contributed by atoms with Gasteiger partial charge in [-0.15, -0.1) is 0 Å². The van der Waals surface area contributed by atoms with Gasteiger partial charge in [0.1, 0.15) is 11.9 Å². The van der Waals surface area contributed by atoms with E-state index in [-0.39, 0.29) is 12.1 Å². The first-order chi connectivity index (χ1) is 16.5. The number of esters is 1. The zero-order valence-electron chi connectivity index (χ0n) is 21.1. The van der Waals surface area contributed by atoms with Gasteiger partial charge in [-0.25, -0.2) is 4.79 Å². The normalized spacial score (nSPS) is 12.0. The Hall–Kier alpha value is -2.95. The lowest BCUT2D eigenvalue weighted by Gasteiger charge is -2.17. The fourth-order valence-electron chi connectivity index (χ4n) is 3.51. The topological polar surface area (TPSA) is 60.2 Å². The second kappa shape index (κ2) is 15.8. The smallest absolute Gasteiger partial charge is 0.333 e. The van der Waals surface area contributed by atoms with Crippen LogP contribution in [0.25, 0.3) is 0 Å². The minimum atomic E-state index is -0.287. The molecule has 0 aromatic heterocycles.